The summed E-state index contributed by atoms with van der Waals surface area (Å²) in [5.41, 5.74) is -0.651. The molecule has 0 radical (unpaired) electrons. The highest BCUT2D eigenvalue weighted by molar-refractivity contribution is 5.95. The zero-order valence-corrected chi connectivity index (χ0v) is 22.2. The summed E-state index contributed by atoms with van der Waals surface area (Å²) in [4.78, 5) is 69.6. The molecule has 222 valence electrons. The first kappa shape index (κ1) is 30.2. The number of hydrogen-bond acceptors (Lipinski definition) is 12. The minimum atomic E-state index is -1.24. The molecule has 16 heteroatoms. The second-order valence-corrected chi connectivity index (χ2v) is 9.27. The van der Waals surface area contributed by atoms with Gasteiger partial charge in [-0.15, -0.1) is 0 Å². The number of nitrogens with one attached hydrogen (secondary N) is 1. The van der Waals surface area contributed by atoms with Gasteiger partial charge in [-0.25, -0.2) is 9.59 Å². The Balaban J connectivity index is 1.53. The smallest absolute Gasteiger partial charge is 0.340 e. The third kappa shape index (κ3) is 7.31. The summed E-state index contributed by atoms with van der Waals surface area (Å²) in [5, 5.41) is 35.5. The highest BCUT2D eigenvalue weighted by Gasteiger charge is 2.42. The Morgan fingerprint density at radius 1 is 0.698 bits per heavy atom. The van der Waals surface area contributed by atoms with E-state index in [1.807, 2.05) is 0 Å². The maximum atomic E-state index is 13.1. The topological polar surface area (TPSA) is 220 Å². The first-order valence-corrected chi connectivity index (χ1v) is 12.5. The first-order chi connectivity index (χ1) is 20.4. The van der Waals surface area contributed by atoms with Gasteiger partial charge in [-0.1, -0.05) is 0 Å². The lowest BCUT2D eigenvalue weighted by atomic mass is 9.98. The van der Waals surface area contributed by atoms with E-state index in [9.17, 15) is 44.7 Å². The molecule has 0 spiro atoms. The number of carbonyl (C=O) groups excluding carboxylic acids is 3. The Morgan fingerprint density at radius 2 is 1.09 bits per heavy atom. The number of nitro benzene ring substituents is 3. The van der Waals surface area contributed by atoms with Crippen LogP contribution in [-0.2, 0) is 14.2 Å². The second kappa shape index (κ2) is 12.8. The van der Waals surface area contributed by atoms with Crippen molar-refractivity contribution in [2.45, 2.75) is 37.9 Å². The minimum Gasteiger partial charge on any atom is -0.454 e. The molecule has 1 saturated heterocycles. The van der Waals surface area contributed by atoms with Crippen LogP contribution in [0.5, 0.6) is 0 Å². The molecule has 0 aliphatic carbocycles. The lowest BCUT2D eigenvalue weighted by Crippen LogP contribution is -2.57. The zero-order valence-electron chi connectivity index (χ0n) is 22.2. The molecule has 3 aromatic carbocycles. The normalized spacial score (nSPS) is 19.5. The van der Waals surface area contributed by atoms with Gasteiger partial charge in [-0.05, 0) is 43.3 Å². The number of benzene rings is 3. The summed E-state index contributed by atoms with van der Waals surface area (Å²) in [5.74, 6) is -2.41. The highest BCUT2D eigenvalue weighted by atomic mass is 16.7. The Labute approximate surface area is 241 Å². The maximum Gasteiger partial charge on any atom is 0.340 e. The minimum absolute atomic E-state index is 0.0000378. The molecule has 1 aliphatic rings. The van der Waals surface area contributed by atoms with Crippen molar-refractivity contribution >= 4 is 34.9 Å². The van der Waals surface area contributed by atoms with Crippen molar-refractivity contribution in [3.05, 3.63) is 120 Å². The van der Waals surface area contributed by atoms with E-state index in [1.54, 1.807) is 0 Å². The molecule has 4 rings (SSSR count). The van der Waals surface area contributed by atoms with Gasteiger partial charge in [-0.2, -0.15) is 0 Å². The molecule has 43 heavy (non-hydrogen) atoms. The van der Waals surface area contributed by atoms with E-state index in [0.29, 0.717) is 0 Å². The number of nitro groups is 3. The Hall–Kier alpha value is -5.77. The lowest BCUT2D eigenvalue weighted by Gasteiger charge is -2.39. The van der Waals surface area contributed by atoms with Gasteiger partial charge in [0, 0.05) is 48.4 Å². The summed E-state index contributed by atoms with van der Waals surface area (Å²) < 4.78 is 16.8. The number of carbonyl (C=O) groups is 3. The number of nitrogens with zero attached hydrogens (tertiary/aromatic N) is 3. The van der Waals surface area contributed by atoms with Crippen molar-refractivity contribution < 1.29 is 43.4 Å². The van der Waals surface area contributed by atoms with Crippen LogP contribution in [0.3, 0.4) is 0 Å². The first-order valence-electron chi connectivity index (χ1n) is 12.5. The summed E-state index contributed by atoms with van der Waals surface area (Å²) in [6, 6.07) is 13.1. The van der Waals surface area contributed by atoms with Crippen molar-refractivity contribution in [3.8, 4) is 0 Å². The predicted octanol–water partition coefficient (Wildman–Crippen LogP) is 3.73. The van der Waals surface area contributed by atoms with Crippen LogP contribution in [0.15, 0.2) is 72.8 Å². The Bertz CT molecular complexity index is 1560. The van der Waals surface area contributed by atoms with E-state index in [1.165, 1.54) is 43.3 Å². The fraction of sp³-hybridized carbons (Fsp3) is 0.222. The summed E-state index contributed by atoms with van der Waals surface area (Å²) in [7, 11) is 0. The Morgan fingerprint density at radius 3 is 1.51 bits per heavy atom. The number of hydrogen-bond donors (Lipinski definition) is 1. The highest BCUT2D eigenvalue weighted by Crippen LogP contribution is 2.27. The van der Waals surface area contributed by atoms with Crippen molar-refractivity contribution in [1.29, 1.82) is 0 Å². The average Bonchev–Trinajstić information content (AvgIpc) is 2.98. The van der Waals surface area contributed by atoms with Gasteiger partial charge < -0.3 is 19.5 Å². The molecule has 3 aromatic rings. The van der Waals surface area contributed by atoms with Crippen LogP contribution >= 0.6 is 0 Å². The third-order valence-electron chi connectivity index (χ3n) is 6.44. The molecule has 1 amide bonds. The number of non-ortho nitro benzene ring substituents is 3. The van der Waals surface area contributed by atoms with Gasteiger partial charge in [0.25, 0.3) is 23.0 Å². The molecule has 4 atom stereocenters. The molecule has 1 aliphatic heterocycles. The van der Waals surface area contributed by atoms with E-state index in [-0.39, 0.29) is 40.2 Å². The average molecular weight is 594 g/mol. The standard InChI is InChI=1S/C27H22N4O12/c1-15-24(43-27(34)18-6-12-21(13-7-18)31(39)40)22(28-25(32)16-2-8-19(9-3-16)29(35)36)14-23(41-15)42-26(33)17-4-10-20(11-5-17)30(37)38/h2-13,15,22-24H,14H2,1H3,(H,28,32)/t15-,22-,23?,24+/m0/s1. The summed E-state index contributed by atoms with van der Waals surface area (Å²) >= 11 is 0. The van der Waals surface area contributed by atoms with Crippen molar-refractivity contribution in [2.75, 3.05) is 0 Å². The van der Waals surface area contributed by atoms with Crippen LogP contribution in [0, 0.1) is 30.3 Å². The van der Waals surface area contributed by atoms with Crippen LogP contribution in [0.4, 0.5) is 17.1 Å². The lowest BCUT2D eigenvalue weighted by molar-refractivity contribution is -0.385. The van der Waals surface area contributed by atoms with Gasteiger partial charge in [0.2, 0.25) is 6.29 Å². The van der Waals surface area contributed by atoms with Crippen LogP contribution in [0.2, 0.25) is 0 Å². The second-order valence-electron chi connectivity index (χ2n) is 9.27. The number of esters is 2. The van der Waals surface area contributed by atoms with E-state index in [0.717, 1.165) is 36.4 Å². The van der Waals surface area contributed by atoms with Crippen molar-refractivity contribution in [1.82, 2.24) is 5.32 Å². The molecular weight excluding hydrogens is 572 g/mol. The van der Waals surface area contributed by atoms with Crippen LogP contribution in [-0.4, -0.2) is 57.2 Å². The van der Waals surface area contributed by atoms with E-state index in [2.05, 4.69) is 5.32 Å². The number of rotatable bonds is 9. The third-order valence-corrected chi connectivity index (χ3v) is 6.44. The Kier molecular flexibility index (Phi) is 9.00. The fourth-order valence-corrected chi connectivity index (χ4v) is 4.24. The van der Waals surface area contributed by atoms with Crippen molar-refractivity contribution in [3.63, 3.8) is 0 Å². The van der Waals surface area contributed by atoms with E-state index >= 15 is 0 Å². The SMILES string of the molecule is C[C@@H]1OC(OC(=O)c2ccc([N+](=O)[O-])cc2)C[C@H](NC(=O)c2ccc([N+](=O)[O-])cc2)[C@@H]1OC(=O)c1ccc([N+](=O)[O-])cc1. The van der Waals surface area contributed by atoms with Crippen LogP contribution < -0.4 is 5.32 Å². The van der Waals surface area contributed by atoms with E-state index in [4.69, 9.17) is 14.2 Å². The number of amides is 1. The molecule has 1 N–H and O–H groups in total. The van der Waals surface area contributed by atoms with Gasteiger partial charge >= 0.3 is 11.9 Å². The molecule has 1 fully saturated rings. The molecule has 0 bridgehead atoms. The number of ether oxygens (including phenoxy) is 3. The molecule has 0 saturated carbocycles. The molecular formula is C27H22N4O12. The monoisotopic (exact) mass is 594 g/mol. The van der Waals surface area contributed by atoms with Crippen molar-refractivity contribution in [2.24, 2.45) is 0 Å². The van der Waals surface area contributed by atoms with Gasteiger partial charge in [0.1, 0.15) is 6.10 Å². The molecule has 0 aromatic heterocycles. The summed E-state index contributed by atoms with van der Waals surface area (Å²) in [6.45, 7) is 1.50. The maximum absolute atomic E-state index is 13.1. The quantitative estimate of drug-likeness (QED) is 0.213. The largest absolute Gasteiger partial charge is 0.454 e. The van der Waals surface area contributed by atoms with Crippen LogP contribution in [0.1, 0.15) is 44.4 Å². The molecule has 1 heterocycles. The molecule has 1 unspecified atom stereocenters. The van der Waals surface area contributed by atoms with Gasteiger partial charge in [0.05, 0.1) is 38.0 Å². The molecule has 16 nitrogen and oxygen atoms in total. The van der Waals surface area contributed by atoms with Crippen LogP contribution in [0.25, 0.3) is 0 Å². The predicted molar refractivity (Wildman–Crippen MR) is 144 cm³/mol. The van der Waals surface area contributed by atoms with E-state index < -0.39 is 57.2 Å². The van der Waals surface area contributed by atoms with Gasteiger partial charge in [-0.3, -0.25) is 35.1 Å². The summed E-state index contributed by atoms with van der Waals surface area (Å²) in [6.07, 6.45) is -3.51. The zero-order chi connectivity index (χ0) is 31.3. The fourth-order valence-electron chi connectivity index (χ4n) is 4.24. The van der Waals surface area contributed by atoms with Gasteiger partial charge in [0.15, 0.2) is 0 Å².